The van der Waals surface area contributed by atoms with Crippen LogP contribution in [-0.2, 0) is 16.4 Å². The lowest BCUT2D eigenvalue weighted by atomic mass is 10.1. The molecule has 140 valence electrons. The average Bonchev–Trinajstić information content (AvgIpc) is 3.10. The van der Waals surface area contributed by atoms with Crippen LogP contribution in [-0.4, -0.2) is 94.7 Å². The molecule has 25 heavy (non-hydrogen) atoms. The number of carbonyl (C=O) groups is 1. The van der Waals surface area contributed by atoms with Gasteiger partial charge in [0.05, 0.1) is 24.1 Å². The van der Waals surface area contributed by atoms with Crippen molar-refractivity contribution < 1.29 is 13.2 Å². The summed E-state index contributed by atoms with van der Waals surface area (Å²) in [5, 5.41) is 8.18. The number of sulfone groups is 1. The van der Waals surface area contributed by atoms with E-state index in [9.17, 15) is 13.2 Å². The van der Waals surface area contributed by atoms with Crippen molar-refractivity contribution in [2.45, 2.75) is 38.5 Å². The van der Waals surface area contributed by atoms with Gasteiger partial charge in [-0.1, -0.05) is 0 Å². The van der Waals surface area contributed by atoms with Crippen LogP contribution >= 0.6 is 0 Å². The first-order chi connectivity index (χ1) is 11.7. The summed E-state index contributed by atoms with van der Waals surface area (Å²) < 4.78 is 26.5. The molecule has 0 spiro atoms. The highest BCUT2D eigenvalue weighted by atomic mass is 32.2. The van der Waals surface area contributed by atoms with Gasteiger partial charge < -0.3 is 14.4 Å². The van der Waals surface area contributed by atoms with Crippen molar-refractivity contribution in [3.63, 3.8) is 0 Å². The summed E-state index contributed by atoms with van der Waals surface area (Å²) in [5.41, 5.74) is 0. The number of hydrogen-bond donors (Lipinski definition) is 0. The molecular formula is C15H26N6O3S. The van der Waals surface area contributed by atoms with Crippen LogP contribution in [0.5, 0.6) is 0 Å². The second-order valence-corrected chi connectivity index (χ2v) is 9.45. The van der Waals surface area contributed by atoms with E-state index in [2.05, 4.69) is 28.9 Å². The predicted molar refractivity (Wildman–Crippen MR) is 92.8 cm³/mol. The Bertz CT molecular complexity index is 744. The number of aromatic nitrogens is 3. The number of piperazine rings is 1. The summed E-state index contributed by atoms with van der Waals surface area (Å²) in [7, 11) is 0.229. The second-order valence-electron chi connectivity index (χ2n) is 7.30. The van der Waals surface area contributed by atoms with Crippen molar-refractivity contribution in [3.05, 3.63) is 12.2 Å². The van der Waals surface area contributed by atoms with Gasteiger partial charge in [0.25, 0.3) is 0 Å². The minimum Gasteiger partial charge on any atom is -0.331 e. The van der Waals surface area contributed by atoms with Gasteiger partial charge in [-0.25, -0.2) is 13.2 Å². The van der Waals surface area contributed by atoms with Gasteiger partial charge in [-0.15, -0.1) is 10.2 Å². The van der Waals surface area contributed by atoms with Gasteiger partial charge >= 0.3 is 6.03 Å². The van der Waals surface area contributed by atoms with Gasteiger partial charge in [0.15, 0.2) is 9.84 Å². The minimum absolute atomic E-state index is 0.0324. The van der Waals surface area contributed by atoms with E-state index in [1.54, 1.807) is 25.3 Å². The fourth-order valence-electron chi connectivity index (χ4n) is 3.71. The molecule has 3 rings (SSSR count). The van der Waals surface area contributed by atoms with Crippen LogP contribution < -0.4 is 0 Å². The summed E-state index contributed by atoms with van der Waals surface area (Å²) in [6.45, 7) is 5.80. The summed E-state index contributed by atoms with van der Waals surface area (Å²) in [4.78, 5) is 17.8. The first kappa shape index (κ1) is 18.1. The van der Waals surface area contributed by atoms with Crippen LogP contribution in [0, 0.1) is 0 Å². The van der Waals surface area contributed by atoms with Crippen molar-refractivity contribution in [1.82, 2.24) is 29.5 Å². The zero-order valence-corrected chi connectivity index (χ0v) is 16.0. The molecule has 2 fully saturated rings. The molecule has 2 saturated heterocycles. The molecule has 2 aliphatic heterocycles. The maximum Gasteiger partial charge on any atom is 0.319 e. The summed E-state index contributed by atoms with van der Waals surface area (Å²) in [6, 6.07) is -0.383. The van der Waals surface area contributed by atoms with Crippen LogP contribution in [0.25, 0.3) is 0 Å². The van der Waals surface area contributed by atoms with Gasteiger partial charge in [-0.2, -0.15) is 0 Å². The van der Waals surface area contributed by atoms with Gasteiger partial charge in [0.1, 0.15) is 12.2 Å². The Labute approximate surface area is 148 Å². The fraction of sp³-hybridized carbons (Fsp3) is 0.800. The topological polar surface area (TPSA) is 91.6 Å². The first-order valence-corrected chi connectivity index (χ1v) is 10.3. The van der Waals surface area contributed by atoms with Crippen LogP contribution in [0.4, 0.5) is 4.79 Å². The average molecular weight is 370 g/mol. The SMILES string of the molecule is CC(C)n1cnnc1CN1CCN(C(=O)N(C)C)[C@H]2CS(=O)(=O)C[C@H]21. The Morgan fingerprint density at radius 2 is 1.96 bits per heavy atom. The highest BCUT2D eigenvalue weighted by Crippen LogP contribution is 2.28. The molecule has 0 aliphatic carbocycles. The molecular weight excluding hydrogens is 344 g/mol. The number of urea groups is 1. The Morgan fingerprint density at radius 3 is 2.60 bits per heavy atom. The quantitative estimate of drug-likeness (QED) is 0.733. The van der Waals surface area contributed by atoms with Crippen molar-refractivity contribution in [3.8, 4) is 0 Å². The highest BCUT2D eigenvalue weighted by Gasteiger charge is 2.48. The van der Waals surface area contributed by atoms with Gasteiger partial charge in [-0.3, -0.25) is 4.90 Å². The third-order valence-electron chi connectivity index (χ3n) is 4.97. The molecule has 10 heteroatoms. The van der Waals surface area contributed by atoms with Crippen LogP contribution in [0.2, 0.25) is 0 Å². The molecule has 0 unspecified atom stereocenters. The van der Waals surface area contributed by atoms with Crippen molar-refractivity contribution in [2.24, 2.45) is 0 Å². The third-order valence-corrected chi connectivity index (χ3v) is 6.67. The lowest BCUT2D eigenvalue weighted by Crippen LogP contribution is -2.61. The van der Waals surface area contributed by atoms with Crippen LogP contribution in [0.3, 0.4) is 0 Å². The number of fused-ring (bicyclic) bond motifs is 1. The lowest BCUT2D eigenvalue weighted by molar-refractivity contribution is 0.0497. The molecule has 0 radical (unpaired) electrons. The smallest absolute Gasteiger partial charge is 0.319 e. The molecule has 9 nitrogen and oxygen atoms in total. The van der Waals surface area contributed by atoms with Crippen LogP contribution in [0.1, 0.15) is 25.7 Å². The zero-order valence-electron chi connectivity index (χ0n) is 15.2. The van der Waals surface area contributed by atoms with Crippen molar-refractivity contribution in [2.75, 3.05) is 38.7 Å². The Hall–Kier alpha value is -1.68. The first-order valence-electron chi connectivity index (χ1n) is 8.50. The Morgan fingerprint density at radius 1 is 1.28 bits per heavy atom. The molecule has 0 bridgehead atoms. The number of rotatable bonds is 3. The maximum atomic E-state index is 12.4. The number of nitrogens with zero attached hydrogens (tertiary/aromatic N) is 6. The molecule has 0 N–H and O–H groups in total. The second kappa shape index (κ2) is 6.56. The van der Waals surface area contributed by atoms with Crippen LogP contribution in [0.15, 0.2) is 6.33 Å². The Balaban J connectivity index is 1.84. The number of amides is 2. The molecule has 0 aromatic carbocycles. The highest BCUT2D eigenvalue weighted by molar-refractivity contribution is 7.91. The van der Waals surface area contributed by atoms with E-state index in [-0.39, 0.29) is 35.7 Å². The van der Waals surface area contributed by atoms with Gasteiger partial charge in [0.2, 0.25) is 0 Å². The largest absolute Gasteiger partial charge is 0.331 e. The summed E-state index contributed by atoms with van der Waals surface area (Å²) >= 11 is 0. The Kier molecular flexibility index (Phi) is 4.76. The van der Waals surface area contributed by atoms with E-state index < -0.39 is 9.84 Å². The fourth-order valence-corrected chi connectivity index (χ4v) is 5.72. The molecule has 2 aliphatic rings. The van der Waals surface area contributed by atoms with Gasteiger partial charge in [0, 0.05) is 39.3 Å². The van der Waals surface area contributed by atoms with E-state index in [1.807, 2.05) is 4.57 Å². The van der Waals surface area contributed by atoms with E-state index in [0.29, 0.717) is 19.6 Å². The third kappa shape index (κ3) is 3.50. The monoisotopic (exact) mass is 370 g/mol. The van der Waals surface area contributed by atoms with Gasteiger partial charge in [-0.05, 0) is 13.8 Å². The molecule has 0 saturated carbocycles. The van der Waals surface area contributed by atoms with E-state index in [4.69, 9.17) is 0 Å². The minimum atomic E-state index is -3.16. The van der Waals surface area contributed by atoms with E-state index in [1.165, 1.54) is 4.90 Å². The summed E-state index contributed by atoms with van der Waals surface area (Å²) in [5.74, 6) is 0.945. The van der Waals surface area contributed by atoms with E-state index >= 15 is 0 Å². The predicted octanol–water partition coefficient (Wildman–Crippen LogP) is -0.176. The standard InChI is InChI=1S/C15H26N6O3S/c1-11(2)21-10-16-17-14(21)7-19-5-6-20(15(22)18(3)4)13-9-25(23,24)8-12(13)19/h10-13H,5-9H2,1-4H3/t12-,13+/m1/s1. The normalized spacial score (nSPS) is 26.0. The van der Waals surface area contributed by atoms with E-state index in [0.717, 1.165) is 5.82 Å². The molecule has 1 aromatic heterocycles. The van der Waals surface area contributed by atoms with Crippen molar-refractivity contribution >= 4 is 15.9 Å². The molecule has 2 atom stereocenters. The summed E-state index contributed by atoms with van der Waals surface area (Å²) in [6.07, 6.45) is 1.70. The molecule has 1 aromatic rings. The zero-order chi connectivity index (χ0) is 18.4. The lowest BCUT2D eigenvalue weighted by Gasteiger charge is -2.44. The molecule has 2 amide bonds. The number of carbonyl (C=O) groups excluding carboxylic acids is 1. The van der Waals surface area contributed by atoms with Crippen molar-refractivity contribution in [1.29, 1.82) is 0 Å². The molecule has 3 heterocycles. The maximum absolute atomic E-state index is 12.4. The number of hydrogen-bond acceptors (Lipinski definition) is 6.